The zero-order chi connectivity index (χ0) is 19.3. The second-order valence-corrected chi connectivity index (χ2v) is 10.00. The monoisotopic (exact) mass is 400 g/mol. The molecule has 2 fully saturated rings. The second kappa shape index (κ2) is 9.63. The van der Waals surface area contributed by atoms with Gasteiger partial charge in [-0.05, 0) is 92.9 Å². The van der Waals surface area contributed by atoms with Crippen molar-refractivity contribution in [2.24, 2.45) is 11.8 Å². The number of rotatable bonds is 7. The molecule has 0 unspecified atom stereocenters. The van der Waals surface area contributed by atoms with Crippen LogP contribution in [0.2, 0.25) is 0 Å². The normalized spacial score (nSPS) is 28.5. The lowest BCUT2D eigenvalue weighted by Gasteiger charge is -2.31. The molecular weight excluding hydrogens is 364 g/mol. The average molecular weight is 401 g/mol. The Morgan fingerprint density at radius 1 is 0.893 bits per heavy atom. The third-order valence-electron chi connectivity index (χ3n) is 7.01. The summed E-state index contributed by atoms with van der Waals surface area (Å²) in [6.07, 6.45) is 12.5. The van der Waals surface area contributed by atoms with Crippen molar-refractivity contribution in [3.63, 3.8) is 0 Å². The van der Waals surface area contributed by atoms with Crippen molar-refractivity contribution in [1.82, 2.24) is 0 Å². The van der Waals surface area contributed by atoms with Gasteiger partial charge in [0, 0.05) is 16.2 Å². The van der Waals surface area contributed by atoms with E-state index < -0.39 is 0 Å². The van der Waals surface area contributed by atoms with E-state index in [1.54, 1.807) is 4.88 Å². The van der Waals surface area contributed by atoms with Crippen LogP contribution in [0.25, 0.3) is 10.1 Å². The zero-order valence-corrected chi connectivity index (χ0v) is 18.4. The van der Waals surface area contributed by atoms with E-state index >= 15 is 0 Å². The van der Waals surface area contributed by atoms with E-state index in [1.807, 2.05) is 18.3 Å². The fourth-order valence-electron chi connectivity index (χ4n) is 5.08. The van der Waals surface area contributed by atoms with Crippen LogP contribution in [0.15, 0.2) is 24.3 Å². The maximum Gasteiger partial charge on any atom is 0.120 e. The molecule has 0 radical (unpaired) electrons. The van der Waals surface area contributed by atoms with E-state index in [0.29, 0.717) is 12.0 Å². The van der Waals surface area contributed by atoms with E-state index in [0.717, 1.165) is 30.8 Å². The molecule has 0 saturated heterocycles. The topological polar surface area (TPSA) is 18.5 Å². The van der Waals surface area contributed by atoms with Crippen LogP contribution in [-0.2, 0) is 4.74 Å². The highest BCUT2D eigenvalue weighted by Crippen LogP contribution is 2.41. The van der Waals surface area contributed by atoms with Crippen molar-refractivity contribution in [2.45, 2.75) is 83.7 Å². The molecule has 0 spiro atoms. The highest BCUT2D eigenvalue weighted by Gasteiger charge is 2.26. The Morgan fingerprint density at radius 3 is 2.36 bits per heavy atom. The minimum absolute atomic E-state index is 0.499. The van der Waals surface area contributed by atoms with Gasteiger partial charge in [-0.1, -0.05) is 26.2 Å². The molecule has 0 amide bonds. The van der Waals surface area contributed by atoms with Gasteiger partial charge in [-0.15, -0.1) is 11.3 Å². The number of benzene rings is 1. The average Bonchev–Trinajstić information content (AvgIpc) is 3.17. The third-order valence-corrected chi connectivity index (χ3v) is 8.27. The van der Waals surface area contributed by atoms with E-state index in [1.165, 1.54) is 67.9 Å². The highest BCUT2D eigenvalue weighted by atomic mass is 32.1. The SMILES string of the molecule is CCOc1ccc2cc(C3CCC(OCC4CCC(CC)CC4)CC3)sc2c1. The summed E-state index contributed by atoms with van der Waals surface area (Å²) in [7, 11) is 0. The largest absolute Gasteiger partial charge is 0.494 e. The van der Waals surface area contributed by atoms with Crippen molar-refractivity contribution in [2.75, 3.05) is 13.2 Å². The minimum atomic E-state index is 0.499. The van der Waals surface area contributed by atoms with Crippen LogP contribution in [0.4, 0.5) is 0 Å². The summed E-state index contributed by atoms with van der Waals surface area (Å²) in [5, 5.41) is 1.37. The van der Waals surface area contributed by atoms with Crippen molar-refractivity contribution >= 4 is 21.4 Å². The first kappa shape index (κ1) is 20.2. The molecule has 0 N–H and O–H groups in total. The molecule has 2 aliphatic rings. The Kier molecular flexibility index (Phi) is 6.95. The predicted molar refractivity (Wildman–Crippen MR) is 120 cm³/mol. The summed E-state index contributed by atoms with van der Waals surface area (Å²) in [6.45, 7) is 6.12. The van der Waals surface area contributed by atoms with Crippen LogP contribution in [0.1, 0.15) is 82.4 Å². The lowest BCUT2D eigenvalue weighted by Crippen LogP contribution is -2.25. The quantitative estimate of drug-likeness (QED) is 0.477. The smallest absolute Gasteiger partial charge is 0.120 e. The first-order valence-electron chi connectivity index (χ1n) is 11.5. The second-order valence-electron chi connectivity index (χ2n) is 8.88. The molecule has 1 heterocycles. The molecule has 1 aromatic heterocycles. The molecule has 28 heavy (non-hydrogen) atoms. The van der Waals surface area contributed by atoms with Gasteiger partial charge in [0.05, 0.1) is 12.7 Å². The van der Waals surface area contributed by atoms with Crippen LogP contribution in [0, 0.1) is 11.8 Å². The molecule has 4 rings (SSSR count). The Bertz CT molecular complexity index is 736. The van der Waals surface area contributed by atoms with E-state index in [2.05, 4.69) is 31.2 Å². The lowest BCUT2D eigenvalue weighted by molar-refractivity contribution is -0.00448. The van der Waals surface area contributed by atoms with Crippen molar-refractivity contribution < 1.29 is 9.47 Å². The molecule has 0 bridgehead atoms. The number of fused-ring (bicyclic) bond motifs is 1. The van der Waals surface area contributed by atoms with E-state index in [4.69, 9.17) is 9.47 Å². The fraction of sp³-hybridized carbons (Fsp3) is 0.680. The predicted octanol–water partition coefficient (Wildman–Crippen LogP) is 7.56. The van der Waals surface area contributed by atoms with Gasteiger partial charge in [-0.3, -0.25) is 0 Å². The molecule has 154 valence electrons. The Hall–Kier alpha value is -1.06. The summed E-state index contributed by atoms with van der Waals surface area (Å²) >= 11 is 1.96. The Morgan fingerprint density at radius 2 is 1.64 bits per heavy atom. The zero-order valence-electron chi connectivity index (χ0n) is 17.6. The van der Waals surface area contributed by atoms with Crippen molar-refractivity contribution in [3.8, 4) is 5.75 Å². The summed E-state index contributed by atoms with van der Waals surface area (Å²) < 4.78 is 13.4. The van der Waals surface area contributed by atoms with E-state index in [-0.39, 0.29) is 0 Å². The molecule has 2 nitrogen and oxygen atoms in total. The van der Waals surface area contributed by atoms with Crippen LogP contribution in [0.5, 0.6) is 5.75 Å². The minimum Gasteiger partial charge on any atom is -0.494 e. The van der Waals surface area contributed by atoms with E-state index in [9.17, 15) is 0 Å². The molecule has 2 aliphatic carbocycles. The van der Waals surface area contributed by atoms with Gasteiger partial charge in [0.1, 0.15) is 5.75 Å². The standard InChI is InChI=1S/C25H36O2S/c1-3-18-5-7-19(8-6-18)17-27-22-12-9-20(10-13-22)24-15-21-11-14-23(26-4-2)16-25(21)28-24/h11,14-16,18-20,22H,3-10,12-13,17H2,1-2H3. The number of hydrogen-bond donors (Lipinski definition) is 0. The maximum atomic E-state index is 6.36. The molecule has 0 aliphatic heterocycles. The molecule has 3 heteroatoms. The lowest BCUT2D eigenvalue weighted by atomic mass is 9.81. The van der Waals surface area contributed by atoms with Crippen LogP contribution >= 0.6 is 11.3 Å². The van der Waals surface area contributed by atoms with Gasteiger partial charge in [0.2, 0.25) is 0 Å². The van der Waals surface area contributed by atoms with Gasteiger partial charge in [-0.25, -0.2) is 0 Å². The number of hydrogen-bond acceptors (Lipinski definition) is 3. The molecule has 1 aromatic carbocycles. The van der Waals surface area contributed by atoms with Gasteiger partial charge in [0.25, 0.3) is 0 Å². The van der Waals surface area contributed by atoms with Gasteiger partial charge in [0.15, 0.2) is 0 Å². The van der Waals surface area contributed by atoms with Gasteiger partial charge >= 0.3 is 0 Å². The molecule has 2 saturated carbocycles. The number of thiophene rings is 1. The fourth-order valence-corrected chi connectivity index (χ4v) is 6.34. The summed E-state index contributed by atoms with van der Waals surface area (Å²) in [6, 6.07) is 8.92. The first-order chi connectivity index (χ1) is 13.7. The van der Waals surface area contributed by atoms with Crippen molar-refractivity contribution in [3.05, 3.63) is 29.1 Å². The number of ether oxygens (including phenoxy) is 2. The highest BCUT2D eigenvalue weighted by molar-refractivity contribution is 7.19. The van der Waals surface area contributed by atoms with Crippen LogP contribution < -0.4 is 4.74 Å². The van der Waals surface area contributed by atoms with Crippen molar-refractivity contribution in [1.29, 1.82) is 0 Å². The van der Waals surface area contributed by atoms with Gasteiger partial charge < -0.3 is 9.47 Å². The van der Waals surface area contributed by atoms with Gasteiger partial charge in [-0.2, -0.15) is 0 Å². The first-order valence-corrected chi connectivity index (χ1v) is 12.3. The summed E-state index contributed by atoms with van der Waals surface area (Å²) in [4.78, 5) is 1.56. The van der Waals surface area contributed by atoms with Crippen LogP contribution in [-0.4, -0.2) is 19.3 Å². The molecule has 2 aromatic rings. The maximum absolute atomic E-state index is 6.36. The van der Waals surface area contributed by atoms with Crippen LogP contribution in [0.3, 0.4) is 0 Å². The Balaban J connectivity index is 1.25. The molecule has 0 atom stereocenters. The summed E-state index contributed by atoms with van der Waals surface area (Å²) in [5.74, 6) is 3.52. The third kappa shape index (κ3) is 4.91. The Labute approximate surface area is 174 Å². The summed E-state index contributed by atoms with van der Waals surface area (Å²) in [5.41, 5.74) is 0. The molecular formula is C25H36O2S.